The number of rotatable bonds is 7. The van der Waals surface area contributed by atoms with Crippen molar-refractivity contribution in [3.05, 3.63) is 47.5 Å². The van der Waals surface area contributed by atoms with Gasteiger partial charge in [-0.15, -0.1) is 0 Å². The zero-order chi connectivity index (χ0) is 17.5. The van der Waals surface area contributed by atoms with Crippen molar-refractivity contribution in [3.63, 3.8) is 0 Å². The third-order valence-corrected chi connectivity index (χ3v) is 3.65. The molecule has 0 radical (unpaired) electrons. The van der Waals surface area contributed by atoms with Crippen LogP contribution in [0, 0.1) is 0 Å². The summed E-state index contributed by atoms with van der Waals surface area (Å²) in [6.45, 7) is 0.615. The summed E-state index contributed by atoms with van der Waals surface area (Å²) in [7, 11) is 8.84. The van der Waals surface area contributed by atoms with Gasteiger partial charge in [0.05, 0.1) is 27.9 Å². The van der Waals surface area contributed by atoms with Gasteiger partial charge in [0.1, 0.15) is 0 Å². The molecule has 0 aliphatic heterocycles. The van der Waals surface area contributed by atoms with Gasteiger partial charge in [-0.3, -0.25) is 4.99 Å². The number of anilines is 1. The predicted octanol–water partition coefficient (Wildman–Crippen LogP) is 3.40. The lowest BCUT2D eigenvalue weighted by atomic mass is 10.2. The van der Waals surface area contributed by atoms with Crippen molar-refractivity contribution in [1.29, 1.82) is 0 Å². The molecule has 2 rings (SSSR count). The van der Waals surface area contributed by atoms with Crippen molar-refractivity contribution < 1.29 is 14.2 Å². The summed E-state index contributed by atoms with van der Waals surface area (Å²) >= 11 is 0. The van der Waals surface area contributed by atoms with Gasteiger partial charge < -0.3 is 19.1 Å². The number of aliphatic imine (C=N–C) groups is 1. The van der Waals surface area contributed by atoms with E-state index in [0.29, 0.717) is 23.8 Å². The van der Waals surface area contributed by atoms with Crippen LogP contribution in [0.25, 0.3) is 0 Å². The standard InChI is InChI=1S/C19H24N2O3/c1-21(2)16-8-6-14(7-9-16)12-20-13-15-10-17(22-3)19(24-5)18(11-15)23-4/h6-11,13H,12H2,1-5H3/b20-13+. The molecule has 24 heavy (non-hydrogen) atoms. The third-order valence-electron chi connectivity index (χ3n) is 3.65. The molecule has 128 valence electrons. The van der Waals surface area contributed by atoms with Crippen molar-refractivity contribution >= 4 is 11.9 Å². The summed E-state index contributed by atoms with van der Waals surface area (Å²) in [6, 6.07) is 12.1. The van der Waals surface area contributed by atoms with Gasteiger partial charge in [0.2, 0.25) is 5.75 Å². The Balaban J connectivity index is 2.13. The Kier molecular flexibility index (Phi) is 6.07. The Labute approximate surface area is 143 Å². The van der Waals surface area contributed by atoms with Gasteiger partial charge in [-0.25, -0.2) is 0 Å². The molecule has 0 spiro atoms. The van der Waals surface area contributed by atoms with E-state index in [-0.39, 0.29) is 0 Å². The molecule has 0 saturated heterocycles. The SMILES string of the molecule is COc1cc(/C=N/Cc2ccc(N(C)C)cc2)cc(OC)c1OC. The quantitative estimate of drug-likeness (QED) is 0.731. The molecule has 0 aromatic heterocycles. The van der Waals surface area contributed by atoms with Crippen molar-refractivity contribution in [2.24, 2.45) is 4.99 Å². The second-order valence-corrected chi connectivity index (χ2v) is 5.49. The predicted molar refractivity (Wildman–Crippen MR) is 98.2 cm³/mol. The van der Waals surface area contributed by atoms with Gasteiger partial charge in [-0.2, -0.15) is 0 Å². The largest absolute Gasteiger partial charge is 0.493 e. The molecular weight excluding hydrogens is 304 g/mol. The lowest BCUT2D eigenvalue weighted by molar-refractivity contribution is 0.324. The normalized spacial score (nSPS) is 10.7. The molecule has 0 unspecified atom stereocenters. The molecule has 0 aliphatic rings. The summed E-state index contributed by atoms with van der Waals surface area (Å²) in [5, 5.41) is 0. The van der Waals surface area contributed by atoms with Crippen molar-refractivity contribution in [2.45, 2.75) is 6.54 Å². The van der Waals surface area contributed by atoms with E-state index < -0.39 is 0 Å². The Morgan fingerprint density at radius 3 is 1.96 bits per heavy atom. The van der Waals surface area contributed by atoms with Crippen molar-refractivity contribution in [3.8, 4) is 17.2 Å². The fourth-order valence-electron chi connectivity index (χ4n) is 2.33. The average molecular weight is 328 g/mol. The fourth-order valence-corrected chi connectivity index (χ4v) is 2.33. The molecular formula is C19H24N2O3. The van der Waals surface area contributed by atoms with E-state index in [9.17, 15) is 0 Å². The van der Waals surface area contributed by atoms with Crippen LogP contribution in [-0.4, -0.2) is 41.6 Å². The summed E-state index contributed by atoms with van der Waals surface area (Å²) in [6.07, 6.45) is 1.81. The number of hydrogen-bond donors (Lipinski definition) is 0. The van der Waals surface area contributed by atoms with E-state index >= 15 is 0 Å². The number of benzene rings is 2. The van der Waals surface area contributed by atoms with E-state index in [1.165, 1.54) is 5.69 Å². The third kappa shape index (κ3) is 4.19. The highest BCUT2D eigenvalue weighted by Crippen LogP contribution is 2.37. The first-order valence-corrected chi connectivity index (χ1v) is 7.65. The lowest BCUT2D eigenvalue weighted by Crippen LogP contribution is -2.08. The van der Waals surface area contributed by atoms with Crippen LogP contribution in [-0.2, 0) is 6.54 Å². The van der Waals surface area contributed by atoms with Crippen LogP contribution >= 0.6 is 0 Å². The second-order valence-electron chi connectivity index (χ2n) is 5.49. The van der Waals surface area contributed by atoms with Crippen LogP contribution in [0.15, 0.2) is 41.4 Å². The maximum atomic E-state index is 5.35. The summed E-state index contributed by atoms with van der Waals surface area (Å²) in [5.74, 6) is 1.82. The van der Waals surface area contributed by atoms with Crippen LogP contribution in [0.2, 0.25) is 0 Å². The highest BCUT2D eigenvalue weighted by atomic mass is 16.5. The maximum absolute atomic E-state index is 5.35. The van der Waals surface area contributed by atoms with Gasteiger partial charge in [0, 0.05) is 26.0 Å². The zero-order valence-corrected chi connectivity index (χ0v) is 14.9. The van der Waals surface area contributed by atoms with Crippen LogP contribution in [0.4, 0.5) is 5.69 Å². The van der Waals surface area contributed by atoms with Gasteiger partial charge in [0.25, 0.3) is 0 Å². The molecule has 0 saturated carbocycles. The van der Waals surface area contributed by atoms with Gasteiger partial charge in [0.15, 0.2) is 11.5 Å². The van der Waals surface area contributed by atoms with E-state index in [4.69, 9.17) is 14.2 Å². The minimum Gasteiger partial charge on any atom is -0.493 e. The molecule has 0 amide bonds. The molecule has 2 aromatic carbocycles. The first-order chi connectivity index (χ1) is 11.6. The smallest absolute Gasteiger partial charge is 0.203 e. The monoisotopic (exact) mass is 328 g/mol. The zero-order valence-electron chi connectivity index (χ0n) is 14.9. The van der Waals surface area contributed by atoms with E-state index in [1.807, 2.05) is 32.4 Å². The first-order valence-electron chi connectivity index (χ1n) is 7.65. The summed E-state index contributed by atoms with van der Waals surface area (Å²) < 4.78 is 16.0. The van der Waals surface area contributed by atoms with Crippen LogP contribution in [0.5, 0.6) is 17.2 Å². The molecule has 0 bridgehead atoms. The molecule has 0 aliphatic carbocycles. The van der Waals surface area contributed by atoms with Gasteiger partial charge in [-0.1, -0.05) is 12.1 Å². The van der Waals surface area contributed by atoms with E-state index in [0.717, 1.165) is 11.1 Å². The Bertz CT molecular complexity index is 669. The Hall–Kier alpha value is -2.69. The molecule has 2 aromatic rings. The average Bonchev–Trinajstić information content (AvgIpc) is 2.61. The topological polar surface area (TPSA) is 43.3 Å². The van der Waals surface area contributed by atoms with Crippen LogP contribution in [0.3, 0.4) is 0 Å². The molecule has 0 fully saturated rings. The Morgan fingerprint density at radius 1 is 0.917 bits per heavy atom. The van der Waals surface area contributed by atoms with E-state index in [1.54, 1.807) is 21.3 Å². The van der Waals surface area contributed by atoms with E-state index in [2.05, 4.69) is 34.2 Å². The molecule has 0 N–H and O–H groups in total. The molecule has 5 nitrogen and oxygen atoms in total. The summed E-state index contributed by atoms with van der Waals surface area (Å²) in [5.41, 5.74) is 3.23. The van der Waals surface area contributed by atoms with Crippen molar-refractivity contribution in [1.82, 2.24) is 0 Å². The minimum absolute atomic E-state index is 0.580. The van der Waals surface area contributed by atoms with Crippen LogP contribution in [0.1, 0.15) is 11.1 Å². The Morgan fingerprint density at radius 2 is 1.50 bits per heavy atom. The van der Waals surface area contributed by atoms with Crippen LogP contribution < -0.4 is 19.1 Å². The van der Waals surface area contributed by atoms with Gasteiger partial charge in [-0.05, 0) is 35.4 Å². The molecule has 5 heteroatoms. The highest BCUT2D eigenvalue weighted by molar-refractivity contribution is 5.82. The number of ether oxygens (including phenoxy) is 3. The first kappa shape index (κ1) is 17.7. The minimum atomic E-state index is 0.580. The van der Waals surface area contributed by atoms with Gasteiger partial charge >= 0.3 is 0 Å². The number of nitrogens with zero attached hydrogens (tertiary/aromatic N) is 2. The van der Waals surface area contributed by atoms with Crippen molar-refractivity contribution in [2.75, 3.05) is 40.3 Å². The second kappa shape index (κ2) is 8.24. The maximum Gasteiger partial charge on any atom is 0.203 e. The fraction of sp³-hybridized carbons (Fsp3) is 0.316. The summed E-state index contributed by atoms with van der Waals surface area (Å²) in [4.78, 5) is 6.57. The number of methoxy groups -OCH3 is 3. The highest BCUT2D eigenvalue weighted by Gasteiger charge is 2.12. The molecule has 0 heterocycles. The lowest BCUT2D eigenvalue weighted by Gasteiger charge is -2.13. The number of hydrogen-bond acceptors (Lipinski definition) is 5. The molecule has 0 atom stereocenters.